The highest BCUT2D eigenvalue weighted by Gasteiger charge is 2.11. The van der Waals surface area contributed by atoms with E-state index in [4.69, 9.17) is 10.8 Å². The number of benzene rings is 1. The Balaban J connectivity index is 2.49. The summed E-state index contributed by atoms with van der Waals surface area (Å²) in [5, 5.41) is 11.2. The van der Waals surface area contributed by atoms with E-state index in [1.165, 1.54) is 0 Å². The van der Waals surface area contributed by atoms with Gasteiger partial charge in [0.2, 0.25) is 5.91 Å². The zero-order valence-electron chi connectivity index (χ0n) is 7.81. The molecule has 76 valence electrons. The summed E-state index contributed by atoms with van der Waals surface area (Å²) in [5.41, 5.74) is 6.22. The van der Waals surface area contributed by atoms with E-state index in [0.717, 1.165) is 0 Å². The maximum Gasteiger partial charge on any atom is 0.241 e. The lowest BCUT2D eigenvalue weighted by Gasteiger charge is -2.10. The molecule has 0 spiro atoms. The van der Waals surface area contributed by atoms with E-state index in [0.29, 0.717) is 5.69 Å². The van der Waals surface area contributed by atoms with Gasteiger partial charge in [-0.25, -0.2) is 0 Å². The minimum atomic E-state index is -0.653. The molecular formula is C10H14N2O2. The molecule has 1 amide bonds. The van der Waals surface area contributed by atoms with Crippen LogP contribution in [0.5, 0.6) is 0 Å². The fourth-order valence-corrected chi connectivity index (χ4v) is 1.03. The third-order valence-corrected chi connectivity index (χ3v) is 1.82. The molecule has 0 bridgehead atoms. The summed E-state index contributed by atoms with van der Waals surface area (Å²) < 4.78 is 0. The number of nitrogens with two attached hydrogens (primary N) is 1. The topological polar surface area (TPSA) is 75.3 Å². The lowest BCUT2D eigenvalue weighted by atomic mass is 10.2. The number of carbonyl (C=O) groups excluding carboxylic acids is 1. The fraction of sp³-hybridized carbons (Fsp3) is 0.300. The molecule has 0 aliphatic rings. The first kappa shape index (κ1) is 10.7. The van der Waals surface area contributed by atoms with Crippen LogP contribution in [-0.2, 0) is 4.79 Å². The summed E-state index contributed by atoms with van der Waals surface area (Å²) in [5.74, 6) is -0.273. The van der Waals surface area contributed by atoms with E-state index in [-0.39, 0.29) is 18.9 Å². The van der Waals surface area contributed by atoms with Gasteiger partial charge in [-0.1, -0.05) is 18.2 Å². The van der Waals surface area contributed by atoms with Gasteiger partial charge < -0.3 is 16.2 Å². The quantitative estimate of drug-likeness (QED) is 0.646. The number of anilines is 1. The average Bonchev–Trinajstić information content (AvgIpc) is 2.19. The van der Waals surface area contributed by atoms with E-state index in [2.05, 4.69) is 5.32 Å². The van der Waals surface area contributed by atoms with Crippen LogP contribution in [-0.4, -0.2) is 23.7 Å². The Morgan fingerprint density at radius 2 is 2.07 bits per heavy atom. The van der Waals surface area contributed by atoms with Gasteiger partial charge in [-0.2, -0.15) is 0 Å². The number of rotatable bonds is 4. The van der Waals surface area contributed by atoms with Gasteiger partial charge in [0.25, 0.3) is 0 Å². The molecule has 1 rings (SSSR count). The van der Waals surface area contributed by atoms with Crippen LogP contribution in [0.3, 0.4) is 0 Å². The van der Waals surface area contributed by atoms with E-state index in [9.17, 15) is 4.79 Å². The number of hydrogen-bond acceptors (Lipinski definition) is 3. The molecular weight excluding hydrogens is 180 g/mol. The summed E-state index contributed by atoms with van der Waals surface area (Å²) in [6, 6.07) is 8.43. The molecule has 4 nitrogen and oxygen atoms in total. The Morgan fingerprint density at radius 1 is 1.43 bits per heavy atom. The molecule has 0 radical (unpaired) electrons. The Labute approximate surface area is 82.7 Å². The number of nitrogens with one attached hydrogen (secondary N) is 1. The Bertz CT molecular complexity index is 287. The van der Waals surface area contributed by atoms with Crippen LogP contribution in [0, 0.1) is 0 Å². The normalized spacial score (nSPS) is 12.1. The second-order valence-corrected chi connectivity index (χ2v) is 2.97. The molecule has 4 N–H and O–H groups in total. The van der Waals surface area contributed by atoms with Gasteiger partial charge in [0.1, 0.15) is 0 Å². The average molecular weight is 194 g/mol. The van der Waals surface area contributed by atoms with Crippen LogP contribution in [0.1, 0.15) is 6.42 Å². The Hall–Kier alpha value is -1.39. The van der Waals surface area contributed by atoms with Gasteiger partial charge in [-0.15, -0.1) is 0 Å². The third kappa shape index (κ3) is 3.16. The summed E-state index contributed by atoms with van der Waals surface area (Å²) in [6.07, 6.45) is 0.276. The lowest BCUT2D eigenvalue weighted by molar-refractivity contribution is -0.117. The van der Waals surface area contributed by atoms with Crippen LogP contribution in [0.15, 0.2) is 30.3 Å². The fourth-order valence-electron chi connectivity index (χ4n) is 1.03. The molecule has 14 heavy (non-hydrogen) atoms. The van der Waals surface area contributed by atoms with Crippen molar-refractivity contribution in [2.24, 2.45) is 5.73 Å². The second kappa shape index (κ2) is 5.36. The smallest absolute Gasteiger partial charge is 0.241 e. The van der Waals surface area contributed by atoms with Crippen molar-refractivity contribution in [3.8, 4) is 0 Å². The number of carbonyl (C=O) groups is 1. The van der Waals surface area contributed by atoms with Crippen molar-refractivity contribution in [1.82, 2.24) is 0 Å². The minimum Gasteiger partial charge on any atom is -0.396 e. The maximum atomic E-state index is 11.4. The standard InChI is InChI=1S/C10H14N2O2/c11-9(6-7-13)10(14)12-8-4-2-1-3-5-8/h1-5,9,13H,6-7,11H2,(H,12,14). The summed E-state index contributed by atoms with van der Waals surface area (Å²) in [6.45, 7) is -0.0800. The van der Waals surface area contributed by atoms with Gasteiger partial charge in [0.15, 0.2) is 0 Å². The van der Waals surface area contributed by atoms with Crippen molar-refractivity contribution in [2.45, 2.75) is 12.5 Å². The second-order valence-electron chi connectivity index (χ2n) is 2.97. The van der Waals surface area contributed by atoms with E-state index < -0.39 is 6.04 Å². The highest BCUT2D eigenvalue weighted by atomic mass is 16.3. The van der Waals surface area contributed by atoms with Crippen molar-refractivity contribution in [1.29, 1.82) is 0 Å². The third-order valence-electron chi connectivity index (χ3n) is 1.82. The van der Waals surface area contributed by atoms with Crippen LogP contribution in [0.4, 0.5) is 5.69 Å². The molecule has 0 fully saturated rings. The Kier molecular flexibility index (Phi) is 4.10. The summed E-state index contributed by atoms with van der Waals surface area (Å²) in [7, 11) is 0. The molecule has 0 aliphatic carbocycles. The predicted octanol–water partition coefficient (Wildman–Crippen LogP) is 0.335. The van der Waals surface area contributed by atoms with Gasteiger partial charge in [-0.3, -0.25) is 4.79 Å². The molecule has 0 heterocycles. The number of aliphatic hydroxyl groups excluding tert-OH is 1. The molecule has 1 atom stereocenters. The van der Waals surface area contributed by atoms with E-state index >= 15 is 0 Å². The summed E-state index contributed by atoms with van der Waals surface area (Å²) in [4.78, 5) is 11.4. The number of aliphatic hydroxyl groups is 1. The molecule has 0 saturated heterocycles. The van der Waals surface area contributed by atoms with Crippen molar-refractivity contribution < 1.29 is 9.90 Å². The first-order valence-corrected chi connectivity index (χ1v) is 4.46. The molecule has 1 aromatic carbocycles. The van der Waals surface area contributed by atoms with E-state index in [1.807, 2.05) is 18.2 Å². The van der Waals surface area contributed by atoms with Crippen LogP contribution >= 0.6 is 0 Å². The SMILES string of the molecule is NC(CCO)C(=O)Nc1ccccc1. The van der Waals surface area contributed by atoms with E-state index in [1.54, 1.807) is 12.1 Å². The molecule has 4 heteroatoms. The first-order chi connectivity index (χ1) is 6.74. The van der Waals surface area contributed by atoms with Crippen LogP contribution in [0.25, 0.3) is 0 Å². The lowest BCUT2D eigenvalue weighted by Crippen LogP contribution is -2.36. The van der Waals surface area contributed by atoms with Gasteiger partial charge in [-0.05, 0) is 18.6 Å². The monoisotopic (exact) mass is 194 g/mol. The zero-order chi connectivity index (χ0) is 10.4. The molecule has 1 unspecified atom stereocenters. The zero-order valence-corrected chi connectivity index (χ0v) is 7.81. The highest BCUT2D eigenvalue weighted by molar-refractivity contribution is 5.94. The van der Waals surface area contributed by atoms with Crippen molar-refractivity contribution >= 4 is 11.6 Å². The van der Waals surface area contributed by atoms with Gasteiger partial charge >= 0.3 is 0 Å². The first-order valence-electron chi connectivity index (χ1n) is 4.46. The maximum absolute atomic E-state index is 11.4. The van der Waals surface area contributed by atoms with Crippen molar-refractivity contribution in [3.05, 3.63) is 30.3 Å². The largest absolute Gasteiger partial charge is 0.396 e. The van der Waals surface area contributed by atoms with Crippen molar-refractivity contribution in [3.63, 3.8) is 0 Å². The molecule has 0 aromatic heterocycles. The van der Waals surface area contributed by atoms with Crippen molar-refractivity contribution in [2.75, 3.05) is 11.9 Å². The predicted molar refractivity (Wildman–Crippen MR) is 54.7 cm³/mol. The Morgan fingerprint density at radius 3 is 2.64 bits per heavy atom. The van der Waals surface area contributed by atoms with Crippen LogP contribution in [0.2, 0.25) is 0 Å². The number of hydrogen-bond donors (Lipinski definition) is 3. The molecule has 1 aromatic rings. The minimum absolute atomic E-state index is 0.0800. The summed E-state index contributed by atoms with van der Waals surface area (Å²) >= 11 is 0. The van der Waals surface area contributed by atoms with Gasteiger partial charge in [0, 0.05) is 12.3 Å². The highest BCUT2D eigenvalue weighted by Crippen LogP contribution is 2.05. The number of para-hydroxylation sites is 1. The molecule has 0 aliphatic heterocycles. The van der Waals surface area contributed by atoms with Crippen LogP contribution < -0.4 is 11.1 Å². The number of amides is 1. The van der Waals surface area contributed by atoms with Gasteiger partial charge in [0.05, 0.1) is 6.04 Å². The molecule has 0 saturated carbocycles.